The molecule has 0 aliphatic carbocycles. The van der Waals surface area contributed by atoms with Crippen LogP contribution in [0.5, 0.6) is 0 Å². The Balaban J connectivity index is 1.61. The summed E-state index contributed by atoms with van der Waals surface area (Å²) in [5.74, 6) is 0.355. The second-order valence-corrected chi connectivity index (χ2v) is 8.57. The Morgan fingerprint density at radius 3 is 2.86 bits per heavy atom. The Bertz CT molecular complexity index is 837. The Morgan fingerprint density at radius 2 is 2.17 bits per heavy atom. The molecule has 4 heterocycles. The van der Waals surface area contributed by atoms with E-state index in [4.69, 9.17) is 9.72 Å². The molecular weight excluding hydrogens is 366 g/mol. The van der Waals surface area contributed by atoms with Gasteiger partial charge in [-0.15, -0.1) is 0 Å². The molecule has 7 heteroatoms. The van der Waals surface area contributed by atoms with Gasteiger partial charge in [0.1, 0.15) is 0 Å². The normalized spacial score (nSPS) is 25.0. The van der Waals surface area contributed by atoms with E-state index in [0.717, 1.165) is 44.0 Å². The lowest BCUT2D eigenvalue weighted by molar-refractivity contribution is -0.136. The molecule has 2 aromatic rings. The number of likely N-dealkylation sites (tertiary alicyclic amines) is 2. The van der Waals surface area contributed by atoms with Crippen molar-refractivity contribution in [2.24, 2.45) is 5.41 Å². The van der Waals surface area contributed by atoms with Gasteiger partial charge in [0.15, 0.2) is 0 Å². The number of aromatic nitrogens is 3. The first-order valence-corrected chi connectivity index (χ1v) is 10.5. The summed E-state index contributed by atoms with van der Waals surface area (Å²) in [5, 5.41) is 0. The predicted molar refractivity (Wildman–Crippen MR) is 110 cm³/mol. The molecule has 0 bridgehead atoms. The molecule has 2 aliphatic heterocycles. The van der Waals surface area contributed by atoms with Crippen LogP contribution in [0.3, 0.4) is 0 Å². The minimum absolute atomic E-state index is 0.103. The highest BCUT2D eigenvalue weighted by Gasteiger charge is 2.57. The lowest BCUT2D eigenvalue weighted by Gasteiger charge is -2.28. The Labute approximate surface area is 172 Å². The van der Waals surface area contributed by atoms with Crippen LogP contribution in [-0.4, -0.2) is 70.1 Å². The van der Waals surface area contributed by atoms with Crippen molar-refractivity contribution in [2.45, 2.75) is 38.8 Å². The van der Waals surface area contributed by atoms with E-state index in [1.54, 1.807) is 7.11 Å². The van der Waals surface area contributed by atoms with Crippen molar-refractivity contribution in [3.8, 4) is 0 Å². The number of carbonyl (C=O) groups excluding carboxylic acids is 1. The SMILES string of the molecule is COCCN1CC[C@@]2(CN(Cc3ccccn3)C[C@H]2c2cn(C(C)C)cn2)C1=O. The van der Waals surface area contributed by atoms with Crippen molar-refractivity contribution < 1.29 is 9.53 Å². The fourth-order valence-corrected chi connectivity index (χ4v) is 4.78. The molecule has 0 unspecified atom stereocenters. The van der Waals surface area contributed by atoms with Gasteiger partial charge >= 0.3 is 0 Å². The standard InChI is InChI=1S/C22H31N5O2/c1-17(2)27-14-20(24-16-27)19-13-25(12-18-6-4-5-8-23-18)15-22(19)7-9-26(21(22)28)10-11-29-3/h4-6,8,14,16-17,19H,7,9-13,15H2,1-3H3/t19-,22-/m0/s1. The maximum atomic E-state index is 13.6. The molecule has 156 valence electrons. The zero-order chi connectivity index (χ0) is 20.4. The molecule has 2 fully saturated rings. The molecule has 2 atom stereocenters. The third-order valence-corrected chi connectivity index (χ3v) is 6.41. The van der Waals surface area contributed by atoms with Crippen LogP contribution < -0.4 is 0 Å². The molecule has 0 radical (unpaired) electrons. The van der Waals surface area contributed by atoms with Gasteiger partial charge in [0.25, 0.3) is 0 Å². The molecule has 2 aromatic heterocycles. The minimum atomic E-state index is -0.404. The molecule has 0 saturated carbocycles. The van der Waals surface area contributed by atoms with Gasteiger partial charge < -0.3 is 14.2 Å². The number of nitrogens with zero attached hydrogens (tertiary/aromatic N) is 5. The van der Waals surface area contributed by atoms with E-state index in [1.165, 1.54) is 0 Å². The summed E-state index contributed by atoms with van der Waals surface area (Å²) >= 11 is 0. The molecule has 0 aromatic carbocycles. The quantitative estimate of drug-likeness (QED) is 0.718. The highest BCUT2D eigenvalue weighted by atomic mass is 16.5. The first kappa shape index (κ1) is 20.0. The minimum Gasteiger partial charge on any atom is -0.383 e. The molecule has 7 nitrogen and oxygen atoms in total. The first-order chi connectivity index (χ1) is 14.0. The first-order valence-electron chi connectivity index (χ1n) is 10.5. The summed E-state index contributed by atoms with van der Waals surface area (Å²) in [4.78, 5) is 27.1. The van der Waals surface area contributed by atoms with Crippen LogP contribution >= 0.6 is 0 Å². The number of rotatable bonds is 7. The lowest BCUT2D eigenvalue weighted by atomic mass is 9.75. The average molecular weight is 398 g/mol. The van der Waals surface area contributed by atoms with Crippen molar-refractivity contribution in [3.63, 3.8) is 0 Å². The molecule has 1 spiro atoms. The predicted octanol–water partition coefficient (Wildman–Crippen LogP) is 2.32. The van der Waals surface area contributed by atoms with Gasteiger partial charge in [-0.25, -0.2) is 4.98 Å². The van der Waals surface area contributed by atoms with Crippen LogP contribution in [0, 0.1) is 5.41 Å². The number of hydrogen-bond donors (Lipinski definition) is 0. The van der Waals surface area contributed by atoms with Crippen LogP contribution in [0.15, 0.2) is 36.9 Å². The number of amides is 1. The third kappa shape index (κ3) is 3.81. The number of pyridine rings is 1. The molecule has 0 N–H and O–H groups in total. The highest BCUT2D eigenvalue weighted by Crippen LogP contribution is 2.49. The summed E-state index contributed by atoms with van der Waals surface area (Å²) in [6.07, 6.45) is 6.73. The molecule has 2 saturated heterocycles. The van der Waals surface area contributed by atoms with E-state index >= 15 is 0 Å². The maximum absolute atomic E-state index is 13.6. The zero-order valence-electron chi connectivity index (χ0n) is 17.6. The van der Waals surface area contributed by atoms with E-state index in [0.29, 0.717) is 19.2 Å². The van der Waals surface area contributed by atoms with Crippen LogP contribution in [0.4, 0.5) is 0 Å². The van der Waals surface area contributed by atoms with Crippen molar-refractivity contribution in [2.75, 3.05) is 39.9 Å². The maximum Gasteiger partial charge on any atom is 0.230 e. The van der Waals surface area contributed by atoms with Crippen LogP contribution in [0.1, 0.15) is 43.6 Å². The fraction of sp³-hybridized carbons (Fsp3) is 0.591. The van der Waals surface area contributed by atoms with Crippen molar-refractivity contribution in [1.29, 1.82) is 0 Å². The molecule has 4 rings (SSSR count). The zero-order valence-corrected chi connectivity index (χ0v) is 17.6. The Kier molecular flexibility index (Phi) is 5.69. The lowest BCUT2D eigenvalue weighted by Crippen LogP contribution is -2.40. The van der Waals surface area contributed by atoms with E-state index in [1.807, 2.05) is 29.6 Å². The summed E-state index contributed by atoms with van der Waals surface area (Å²) in [7, 11) is 1.68. The van der Waals surface area contributed by atoms with Gasteiger partial charge in [0, 0.05) is 64.2 Å². The van der Waals surface area contributed by atoms with Gasteiger partial charge in [-0.3, -0.25) is 14.7 Å². The highest BCUT2D eigenvalue weighted by molar-refractivity contribution is 5.86. The molecule has 2 aliphatic rings. The molecule has 1 amide bonds. The smallest absolute Gasteiger partial charge is 0.230 e. The van der Waals surface area contributed by atoms with Crippen LogP contribution in [0.2, 0.25) is 0 Å². The van der Waals surface area contributed by atoms with E-state index in [2.05, 4.69) is 40.6 Å². The van der Waals surface area contributed by atoms with Crippen molar-refractivity contribution >= 4 is 5.91 Å². The van der Waals surface area contributed by atoms with Crippen molar-refractivity contribution in [3.05, 3.63) is 48.3 Å². The number of carbonyl (C=O) groups is 1. The Morgan fingerprint density at radius 1 is 1.31 bits per heavy atom. The third-order valence-electron chi connectivity index (χ3n) is 6.41. The summed E-state index contributed by atoms with van der Waals surface area (Å²) in [5.41, 5.74) is 1.67. The molecular formula is C22H31N5O2. The number of imidazole rings is 1. The topological polar surface area (TPSA) is 63.5 Å². The second kappa shape index (κ2) is 8.24. The monoisotopic (exact) mass is 397 g/mol. The van der Waals surface area contributed by atoms with E-state index in [9.17, 15) is 4.79 Å². The Hall–Kier alpha value is -2.25. The van der Waals surface area contributed by atoms with Gasteiger partial charge in [-0.05, 0) is 32.4 Å². The average Bonchev–Trinajstić information content (AvgIpc) is 3.41. The number of methoxy groups -OCH3 is 1. The van der Waals surface area contributed by atoms with Crippen LogP contribution in [-0.2, 0) is 16.1 Å². The number of hydrogen-bond acceptors (Lipinski definition) is 5. The second-order valence-electron chi connectivity index (χ2n) is 8.57. The fourth-order valence-electron chi connectivity index (χ4n) is 4.78. The van der Waals surface area contributed by atoms with E-state index < -0.39 is 5.41 Å². The van der Waals surface area contributed by atoms with Crippen molar-refractivity contribution in [1.82, 2.24) is 24.3 Å². The largest absolute Gasteiger partial charge is 0.383 e. The van der Waals surface area contributed by atoms with E-state index in [-0.39, 0.29) is 11.8 Å². The summed E-state index contributed by atoms with van der Waals surface area (Å²) < 4.78 is 7.35. The van der Waals surface area contributed by atoms with Crippen LogP contribution in [0.25, 0.3) is 0 Å². The van der Waals surface area contributed by atoms with Gasteiger partial charge in [0.05, 0.1) is 29.7 Å². The van der Waals surface area contributed by atoms with Gasteiger partial charge in [0.2, 0.25) is 5.91 Å². The van der Waals surface area contributed by atoms with Gasteiger partial charge in [-0.2, -0.15) is 0 Å². The van der Waals surface area contributed by atoms with Gasteiger partial charge in [-0.1, -0.05) is 6.07 Å². The summed E-state index contributed by atoms with van der Waals surface area (Å²) in [6, 6.07) is 6.36. The number of ether oxygens (including phenoxy) is 1. The molecule has 29 heavy (non-hydrogen) atoms. The summed E-state index contributed by atoms with van der Waals surface area (Å²) in [6.45, 7) is 8.67.